The summed E-state index contributed by atoms with van der Waals surface area (Å²) in [5.74, 6) is 5.56. The Balaban J connectivity index is 2.10. The smallest absolute Gasteiger partial charge is 0.254 e. The van der Waals surface area contributed by atoms with Crippen molar-refractivity contribution in [3.8, 4) is 11.8 Å². The Morgan fingerprint density at radius 2 is 2.26 bits per heavy atom. The van der Waals surface area contributed by atoms with Crippen molar-refractivity contribution in [3.63, 3.8) is 0 Å². The summed E-state index contributed by atoms with van der Waals surface area (Å²) in [7, 11) is 0. The number of aliphatic hydroxyl groups is 1. The second-order valence-electron chi connectivity index (χ2n) is 4.69. The Morgan fingerprint density at radius 1 is 1.53 bits per heavy atom. The van der Waals surface area contributed by atoms with Gasteiger partial charge in [0, 0.05) is 18.0 Å². The summed E-state index contributed by atoms with van der Waals surface area (Å²) in [5, 5.41) is 10.5. The van der Waals surface area contributed by atoms with Gasteiger partial charge in [-0.1, -0.05) is 24.7 Å². The van der Waals surface area contributed by atoms with Gasteiger partial charge in [0.15, 0.2) is 0 Å². The molecule has 102 valence electrons. The predicted molar refractivity (Wildman–Crippen MR) is 77.2 cm³/mol. The van der Waals surface area contributed by atoms with Crippen LogP contribution >= 0.6 is 11.3 Å². The highest BCUT2D eigenvalue weighted by molar-refractivity contribution is 7.10. The number of aliphatic hydroxyl groups excluding tert-OH is 1. The zero-order valence-corrected chi connectivity index (χ0v) is 12.0. The van der Waals surface area contributed by atoms with E-state index in [1.54, 1.807) is 0 Å². The summed E-state index contributed by atoms with van der Waals surface area (Å²) < 4.78 is 0. The Bertz CT molecular complexity index is 492. The molecule has 0 atom stereocenters. The predicted octanol–water partition coefficient (Wildman–Crippen LogP) is 2.50. The normalized spacial score (nSPS) is 15.1. The standard InChI is InChI=1S/C15H19NO2S/c1-2-16(13-6-3-4-7-13)15(18)12-10-14(19-11-12)8-5-9-17/h10-11,13,17H,2-4,6-7,9H2,1H3. The minimum atomic E-state index is -0.148. The molecule has 1 N–H and O–H groups in total. The molecule has 1 aliphatic carbocycles. The molecule has 4 heteroatoms. The molecule has 0 unspecified atom stereocenters. The van der Waals surface area contributed by atoms with E-state index in [9.17, 15) is 4.79 Å². The van der Waals surface area contributed by atoms with E-state index in [2.05, 4.69) is 11.8 Å². The molecule has 3 nitrogen and oxygen atoms in total. The van der Waals surface area contributed by atoms with Crippen molar-refractivity contribution in [2.75, 3.05) is 13.2 Å². The molecule has 1 aromatic heterocycles. The first-order chi connectivity index (χ1) is 9.26. The fourth-order valence-corrected chi connectivity index (χ4v) is 3.34. The summed E-state index contributed by atoms with van der Waals surface area (Å²) >= 11 is 1.46. The molecular formula is C15H19NO2S. The number of nitrogens with zero attached hydrogens (tertiary/aromatic N) is 1. The van der Waals surface area contributed by atoms with Gasteiger partial charge in [0.25, 0.3) is 5.91 Å². The maximum absolute atomic E-state index is 12.5. The van der Waals surface area contributed by atoms with Crippen molar-refractivity contribution < 1.29 is 9.90 Å². The Labute approximate surface area is 118 Å². The third kappa shape index (κ3) is 3.37. The molecule has 1 aromatic rings. The lowest BCUT2D eigenvalue weighted by molar-refractivity contribution is 0.0694. The third-order valence-corrected chi connectivity index (χ3v) is 4.35. The number of rotatable bonds is 3. The van der Waals surface area contributed by atoms with Crippen molar-refractivity contribution >= 4 is 17.2 Å². The second kappa shape index (κ2) is 6.74. The van der Waals surface area contributed by atoms with E-state index in [1.165, 1.54) is 24.2 Å². The maximum Gasteiger partial charge on any atom is 0.254 e. The minimum Gasteiger partial charge on any atom is -0.384 e. The van der Waals surface area contributed by atoms with E-state index in [4.69, 9.17) is 5.11 Å². The molecule has 0 saturated heterocycles. The van der Waals surface area contributed by atoms with Gasteiger partial charge in [-0.05, 0) is 25.8 Å². The fraction of sp³-hybridized carbons (Fsp3) is 0.533. The van der Waals surface area contributed by atoms with Crippen LogP contribution in [0.2, 0.25) is 0 Å². The van der Waals surface area contributed by atoms with Gasteiger partial charge in [-0.15, -0.1) is 11.3 Å². The van der Waals surface area contributed by atoms with Crippen LogP contribution in [0.1, 0.15) is 47.8 Å². The first-order valence-corrected chi connectivity index (χ1v) is 7.63. The summed E-state index contributed by atoms with van der Waals surface area (Å²) in [6, 6.07) is 2.23. The number of carbonyl (C=O) groups excluding carboxylic acids is 1. The molecule has 0 aromatic carbocycles. The lowest BCUT2D eigenvalue weighted by atomic mass is 10.1. The van der Waals surface area contributed by atoms with Gasteiger partial charge >= 0.3 is 0 Å². The van der Waals surface area contributed by atoms with E-state index in [0.29, 0.717) is 6.04 Å². The maximum atomic E-state index is 12.5. The van der Waals surface area contributed by atoms with Crippen LogP contribution in [0.5, 0.6) is 0 Å². The summed E-state index contributed by atoms with van der Waals surface area (Å²) in [6.07, 6.45) is 4.71. The molecular weight excluding hydrogens is 258 g/mol. The summed E-state index contributed by atoms with van der Waals surface area (Å²) in [6.45, 7) is 2.65. The average Bonchev–Trinajstić information content (AvgIpc) is 3.08. The van der Waals surface area contributed by atoms with Gasteiger partial charge in [0.05, 0.1) is 10.4 Å². The molecule has 0 bridgehead atoms. The molecule has 0 aliphatic heterocycles. The van der Waals surface area contributed by atoms with Gasteiger partial charge in [-0.2, -0.15) is 0 Å². The Kier molecular flexibility index (Phi) is 5.00. The van der Waals surface area contributed by atoms with Crippen molar-refractivity contribution in [1.82, 2.24) is 4.90 Å². The van der Waals surface area contributed by atoms with E-state index < -0.39 is 0 Å². The zero-order valence-electron chi connectivity index (χ0n) is 11.2. The topological polar surface area (TPSA) is 40.5 Å². The minimum absolute atomic E-state index is 0.114. The third-order valence-electron chi connectivity index (χ3n) is 3.50. The van der Waals surface area contributed by atoms with Gasteiger partial charge in [-0.25, -0.2) is 0 Å². The SMILES string of the molecule is CCN(C(=O)c1csc(C#CCO)c1)C1CCCC1. The number of amides is 1. The highest BCUT2D eigenvalue weighted by atomic mass is 32.1. The van der Waals surface area contributed by atoms with Crippen LogP contribution in [0, 0.1) is 11.8 Å². The van der Waals surface area contributed by atoms with Crippen LogP contribution in [0.25, 0.3) is 0 Å². The molecule has 1 saturated carbocycles. The summed E-state index contributed by atoms with van der Waals surface area (Å²) in [5.41, 5.74) is 0.723. The van der Waals surface area contributed by atoms with E-state index >= 15 is 0 Å². The van der Waals surface area contributed by atoms with Crippen LogP contribution in [0.4, 0.5) is 0 Å². The van der Waals surface area contributed by atoms with Gasteiger partial charge in [0.1, 0.15) is 6.61 Å². The Morgan fingerprint density at radius 3 is 2.89 bits per heavy atom. The van der Waals surface area contributed by atoms with Crippen molar-refractivity contribution in [1.29, 1.82) is 0 Å². The highest BCUT2D eigenvalue weighted by Gasteiger charge is 2.26. The first kappa shape index (κ1) is 14.1. The van der Waals surface area contributed by atoms with Crippen molar-refractivity contribution in [2.45, 2.75) is 38.6 Å². The summed E-state index contributed by atoms with van der Waals surface area (Å²) in [4.78, 5) is 15.3. The van der Waals surface area contributed by atoms with Crippen LogP contribution in [0.3, 0.4) is 0 Å². The fourth-order valence-electron chi connectivity index (χ4n) is 2.59. The molecule has 0 spiro atoms. The largest absolute Gasteiger partial charge is 0.384 e. The molecule has 1 aliphatic rings. The van der Waals surface area contributed by atoms with Gasteiger partial charge in [-0.3, -0.25) is 4.79 Å². The monoisotopic (exact) mass is 277 g/mol. The molecule has 1 fully saturated rings. The number of thiophene rings is 1. The van der Waals surface area contributed by atoms with Crippen LogP contribution in [-0.4, -0.2) is 35.1 Å². The van der Waals surface area contributed by atoms with Gasteiger partial charge < -0.3 is 10.0 Å². The quantitative estimate of drug-likeness (QED) is 0.862. The van der Waals surface area contributed by atoms with E-state index in [-0.39, 0.29) is 12.5 Å². The Hall–Kier alpha value is -1.31. The van der Waals surface area contributed by atoms with Crippen LogP contribution in [-0.2, 0) is 0 Å². The molecule has 0 radical (unpaired) electrons. The number of hydrogen-bond acceptors (Lipinski definition) is 3. The van der Waals surface area contributed by atoms with Crippen molar-refractivity contribution in [3.05, 3.63) is 21.9 Å². The molecule has 1 heterocycles. The zero-order chi connectivity index (χ0) is 13.7. The van der Waals surface area contributed by atoms with E-state index in [0.717, 1.165) is 29.8 Å². The first-order valence-electron chi connectivity index (χ1n) is 6.75. The number of hydrogen-bond donors (Lipinski definition) is 1. The average molecular weight is 277 g/mol. The lowest BCUT2D eigenvalue weighted by Crippen LogP contribution is -2.38. The second-order valence-corrected chi connectivity index (χ2v) is 5.60. The van der Waals surface area contributed by atoms with Crippen LogP contribution < -0.4 is 0 Å². The lowest BCUT2D eigenvalue weighted by Gasteiger charge is -2.27. The highest BCUT2D eigenvalue weighted by Crippen LogP contribution is 2.25. The number of carbonyl (C=O) groups is 1. The molecule has 2 rings (SSSR count). The molecule has 1 amide bonds. The van der Waals surface area contributed by atoms with E-state index in [1.807, 2.05) is 23.3 Å². The van der Waals surface area contributed by atoms with Gasteiger partial charge in [0.2, 0.25) is 0 Å². The molecule has 19 heavy (non-hydrogen) atoms. The van der Waals surface area contributed by atoms with Crippen LogP contribution in [0.15, 0.2) is 11.4 Å². The van der Waals surface area contributed by atoms with Crippen molar-refractivity contribution in [2.24, 2.45) is 0 Å².